The zero-order valence-electron chi connectivity index (χ0n) is 14.5. The molecule has 25 heavy (non-hydrogen) atoms. The summed E-state index contributed by atoms with van der Waals surface area (Å²) in [7, 11) is 0. The molecule has 4 rings (SSSR count). The van der Waals surface area contributed by atoms with E-state index < -0.39 is 0 Å². The van der Waals surface area contributed by atoms with E-state index in [1.807, 2.05) is 29.2 Å². The monoisotopic (exact) mass is 335 g/mol. The van der Waals surface area contributed by atoms with Crippen LogP contribution in [0.1, 0.15) is 24.0 Å². The van der Waals surface area contributed by atoms with Crippen molar-refractivity contribution < 1.29 is 4.79 Å². The van der Waals surface area contributed by atoms with Gasteiger partial charge < -0.3 is 10.2 Å². The minimum Gasteiger partial charge on any atom is -0.328 e. The van der Waals surface area contributed by atoms with Crippen molar-refractivity contribution in [1.29, 1.82) is 0 Å². The lowest BCUT2D eigenvalue weighted by molar-refractivity contribution is 0.132. The highest BCUT2D eigenvalue weighted by molar-refractivity contribution is 5.76. The number of benzene rings is 2. The molecule has 0 spiro atoms. The minimum atomic E-state index is -0.125. The first-order valence-corrected chi connectivity index (χ1v) is 9.14. The van der Waals surface area contributed by atoms with E-state index in [4.69, 9.17) is 0 Å². The van der Waals surface area contributed by atoms with E-state index in [9.17, 15) is 4.79 Å². The van der Waals surface area contributed by atoms with Crippen LogP contribution in [0.15, 0.2) is 60.7 Å². The molecular formula is C21H25N3O. The first kappa shape index (κ1) is 16.2. The maximum atomic E-state index is 12.7. The number of carbonyl (C=O) groups excluding carboxylic acids is 1. The number of nitrogens with zero attached hydrogens (tertiary/aromatic N) is 2. The second-order valence-corrected chi connectivity index (χ2v) is 7.13. The minimum absolute atomic E-state index is 0.0840. The van der Waals surface area contributed by atoms with Gasteiger partial charge in [0.25, 0.3) is 0 Å². The van der Waals surface area contributed by atoms with Crippen LogP contribution in [0.3, 0.4) is 0 Å². The molecule has 0 unspecified atom stereocenters. The van der Waals surface area contributed by atoms with Crippen LogP contribution >= 0.6 is 0 Å². The van der Waals surface area contributed by atoms with Gasteiger partial charge in [0.2, 0.25) is 0 Å². The summed E-state index contributed by atoms with van der Waals surface area (Å²) in [5.41, 5.74) is 2.44. The van der Waals surface area contributed by atoms with Crippen molar-refractivity contribution >= 4 is 6.03 Å². The van der Waals surface area contributed by atoms with E-state index in [0.29, 0.717) is 0 Å². The summed E-state index contributed by atoms with van der Waals surface area (Å²) in [5, 5.41) is 3.29. The highest BCUT2D eigenvalue weighted by Gasteiger charge is 2.46. The van der Waals surface area contributed by atoms with E-state index >= 15 is 0 Å². The molecule has 0 radical (unpaired) electrons. The van der Waals surface area contributed by atoms with E-state index in [2.05, 4.69) is 46.6 Å². The highest BCUT2D eigenvalue weighted by Crippen LogP contribution is 2.45. The number of hydrogen-bond donors (Lipinski definition) is 1. The molecule has 2 fully saturated rings. The normalized spacial score (nSPS) is 19.4. The summed E-state index contributed by atoms with van der Waals surface area (Å²) in [6, 6.07) is 21.0. The van der Waals surface area contributed by atoms with E-state index in [-0.39, 0.29) is 11.6 Å². The van der Waals surface area contributed by atoms with Gasteiger partial charge in [0.05, 0.1) is 5.54 Å². The van der Waals surface area contributed by atoms with E-state index in [1.54, 1.807) is 0 Å². The van der Waals surface area contributed by atoms with Crippen molar-refractivity contribution in [2.24, 2.45) is 0 Å². The number of rotatable bonds is 4. The van der Waals surface area contributed by atoms with Gasteiger partial charge in [-0.05, 0) is 24.0 Å². The fraction of sp³-hybridized carbons (Fsp3) is 0.381. The van der Waals surface area contributed by atoms with Crippen LogP contribution < -0.4 is 5.32 Å². The van der Waals surface area contributed by atoms with Crippen LogP contribution in [0, 0.1) is 0 Å². The lowest BCUT2D eigenvalue weighted by Crippen LogP contribution is -2.53. The molecule has 1 N–H and O–H groups in total. The Morgan fingerprint density at radius 3 is 2.08 bits per heavy atom. The van der Waals surface area contributed by atoms with Gasteiger partial charge in [-0.25, -0.2) is 4.79 Å². The first-order chi connectivity index (χ1) is 12.3. The number of carbonyl (C=O) groups is 1. The lowest BCUT2D eigenvalue weighted by Gasteiger charge is -2.35. The van der Waals surface area contributed by atoms with Crippen LogP contribution in [0.5, 0.6) is 0 Å². The largest absolute Gasteiger partial charge is 0.328 e. The van der Waals surface area contributed by atoms with Crippen molar-refractivity contribution in [2.45, 2.75) is 24.9 Å². The average molecular weight is 335 g/mol. The highest BCUT2D eigenvalue weighted by atomic mass is 16.2. The number of nitrogens with one attached hydrogen (secondary N) is 1. The van der Waals surface area contributed by atoms with Crippen molar-refractivity contribution in [3.8, 4) is 0 Å². The van der Waals surface area contributed by atoms with E-state index in [1.165, 1.54) is 11.1 Å². The van der Waals surface area contributed by atoms with Crippen LogP contribution in [-0.2, 0) is 12.1 Å². The summed E-state index contributed by atoms with van der Waals surface area (Å²) >= 11 is 0. The van der Waals surface area contributed by atoms with Crippen molar-refractivity contribution in [3.05, 3.63) is 71.8 Å². The standard InChI is InChI=1S/C21H25N3O/c25-20(22-21(11-12-21)19-9-5-2-6-10-19)24-15-13-23(14-16-24)17-18-7-3-1-4-8-18/h1-10H,11-17H2,(H,22,25). The van der Waals surface area contributed by atoms with Crippen LogP contribution in [0.2, 0.25) is 0 Å². The molecule has 2 aromatic rings. The molecule has 4 nitrogen and oxygen atoms in total. The molecule has 1 heterocycles. The Balaban J connectivity index is 1.30. The molecule has 1 saturated carbocycles. The van der Waals surface area contributed by atoms with Crippen LogP contribution in [-0.4, -0.2) is 42.0 Å². The predicted molar refractivity (Wildman–Crippen MR) is 99.2 cm³/mol. The van der Waals surface area contributed by atoms with Crippen molar-refractivity contribution in [3.63, 3.8) is 0 Å². The Hall–Kier alpha value is -2.33. The Morgan fingerprint density at radius 2 is 1.48 bits per heavy atom. The van der Waals surface area contributed by atoms with Crippen LogP contribution in [0.25, 0.3) is 0 Å². The Kier molecular flexibility index (Phi) is 4.45. The number of urea groups is 1. The van der Waals surface area contributed by atoms with Gasteiger partial charge in [-0.15, -0.1) is 0 Å². The van der Waals surface area contributed by atoms with Gasteiger partial charge in [-0.1, -0.05) is 60.7 Å². The molecule has 0 atom stereocenters. The molecule has 2 aromatic carbocycles. The molecule has 130 valence electrons. The maximum Gasteiger partial charge on any atom is 0.318 e. The second kappa shape index (κ2) is 6.89. The average Bonchev–Trinajstić information content (AvgIpc) is 3.45. The lowest BCUT2D eigenvalue weighted by atomic mass is 10.1. The molecule has 0 bridgehead atoms. The Labute approximate surface area is 149 Å². The number of amides is 2. The quantitative estimate of drug-likeness (QED) is 0.931. The third kappa shape index (κ3) is 3.69. The predicted octanol–water partition coefficient (Wildman–Crippen LogP) is 3.20. The number of hydrogen-bond acceptors (Lipinski definition) is 2. The summed E-state index contributed by atoms with van der Waals surface area (Å²) in [6.07, 6.45) is 2.08. The molecule has 1 aliphatic carbocycles. The maximum absolute atomic E-state index is 12.7. The van der Waals surface area contributed by atoms with Crippen LogP contribution in [0.4, 0.5) is 4.79 Å². The summed E-state index contributed by atoms with van der Waals surface area (Å²) in [4.78, 5) is 17.1. The van der Waals surface area contributed by atoms with Gasteiger partial charge >= 0.3 is 6.03 Å². The van der Waals surface area contributed by atoms with Crippen molar-refractivity contribution in [1.82, 2.24) is 15.1 Å². The van der Waals surface area contributed by atoms with Gasteiger partial charge in [0, 0.05) is 32.7 Å². The molecule has 1 saturated heterocycles. The molecule has 2 aliphatic rings. The van der Waals surface area contributed by atoms with Gasteiger partial charge in [-0.3, -0.25) is 4.90 Å². The van der Waals surface area contributed by atoms with Gasteiger partial charge in [0.1, 0.15) is 0 Å². The summed E-state index contributed by atoms with van der Waals surface area (Å²) < 4.78 is 0. The Bertz CT molecular complexity index is 704. The zero-order valence-corrected chi connectivity index (χ0v) is 14.5. The SMILES string of the molecule is O=C(NC1(c2ccccc2)CC1)N1CCN(Cc2ccccc2)CC1. The number of piperazine rings is 1. The molecule has 1 aliphatic heterocycles. The molecule has 0 aromatic heterocycles. The summed E-state index contributed by atoms with van der Waals surface area (Å²) in [6.45, 7) is 4.42. The fourth-order valence-electron chi connectivity index (χ4n) is 3.60. The molecular weight excluding hydrogens is 310 g/mol. The third-order valence-corrected chi connectivity index (χ3v) is 5.33. The smallest absolute Gasteiger partial charge is 0.318 e. The second-order valence-electron chi connectivity index (χ2n) is 7.13. The fourth-order valence-corrected chi connectivity index (χ4v) is 3.60. The van der Waals surface area contributed by atoms with Crippen molar-refractivity contribution in [2.75, 3.05) is 26.2 Å². The third-order valence-electron chi connectivity index (χ3n) is 5.33. The molecule has 4 heteroatoms. The van der Waals surface area contributed by atoms with E-state index in [0.717, 1.165) is 45.6 Å². The molecule has 2 amide bonds. The Morgan fingerprint density at radius 1 is 0.880 bits per heavy atom. The zero-order chi connectivity index (χ0) is 17.1. The van der Waals surface area contributed by atoms with Gasteiger partial charge in [-0.2, -0.15) is 0 Å². The van der Waals surface area contributed by atoms with Gasteiger partial charge in [0.15, 0.2) is 0 Å². The first-order valence-electron chi connectivity index (χ1n) is 9.14. The summed E-state index contributed by atoms with van der Waals surface area (Å²) in [5.74, 6) is 0. The topological polar surface area (TPSA) is 35.6 Å².